The van der Waals surface area contributed by atoms with Crippen molar-refractivity contribution in [3.8, 4) is 18.1 Å². The zero-order valence-corrected chi connectivity index (χ0v) is 21.8. The van der Waals surface area contributed by atoms with Gasteiger partial charge in [0.15, 0.2) is 4.80 Å². The molecular formula is C31H23FN2O4S. The van der Waals surface area contributed by atoms with Crippen LogP contribution in [0.4, 0.5) is 4.39 Å². The molecule has 5 rings (SSSR count). The number of halogens is 1. The fourth-order valence-corrected chi connectivity index (χ4v) is 5.34. The third-order valence-corrected chi connectivity index (χ3v) is 7.04. The number of fused-ring (bicyclic) bond motifs is 1. The van der Waals surface area contributed by atoms with E-state index in [2.05, 4.69) is 5.92 Å². The van der Waals surface area contributed by atoms with Gasteiger partial charge in [-0.1, -0.05) is 71.9 Å². The number of terminal acetylenes is 1. The highest BCUT2D eigenvalue weighted by Crippen LogP contribution is 2.35. The molecular weight excluding hydrogens is 515 g/mol. The Balaban J connectivity index is 1.73. The summed E-state index contributed by atoms with van der Waals surface area (Å²) in [7, 11) is 0. The maximum absolute atomic E-state index is 13.9. The van der Waals surface area contributed by atoms with E-state index in [1.165, 1.54) is 28.0 Å². The quantitative estimate of drug-likeness (QED) is 0.263. The number of hydrogen-bond donors (Lipinski definition) is 0. The summed E-state index contributed by atoms with van der Waals surface area (Å²) in [5.74, 6) is 2.02. The zero-order valence-electron chi connectivity index (χ0n) is 21.0. The van der Waals surface area contributed by atoms with Crippen molar-refractivity contribution in [3.05, 3.63) is 127 Å². The van der Waals surface area contributed by atoms with Crippen molar-refractivity contribution in [2.75, 3.05) is 13.2 Å². The van der Waals surface area contributed by atoms with Crippen LogP contribution in [0.3, 0.4) is 0 Å². The molecule has 0 fully saturated rings. The van der Waals surface area contributed by atoms with Crippen LogP contribution in [0, 0.1) is 18.2 Å². The number of aromatic nitrogens is 1. The molecule has 194 valence electrons. The molecule has 1 unspecified atom stereocenters. The summed E-state index contributed by atoms with van der Waals surface area (Å²) >= 11 is 1.21. The highest BCUT2D eigenvalue weighted by atomic mass is 32.1. The Morgan fingerprint density at radius 2 is 1.82 bits per heavy atom. The second kappa shape index (κ2) is 11.3. The number of carbonyl (C=O) groups is 1. The van der Waals surface area contributed by atoms with Crippen molar-refractivity contribution in [1.29, 1.82) is 0 Å². The summed E-state index contributed by atoms with van der Waals surface area (Å²) in [5, 5.41) is 0. The van der Waals surface area contributed by atoms with Crippen LogP contribution in [0.2, 0.25) is 0 Å². The lowest BCUT2D eigenvalue weighted by atomic mass is 9.93. The highest BCUT2D eigenvalue weighted by Gasteiger charge is 2.35. The van der Waals surface area contributed by atoms with Crippen LogP contribution in [0.25, 0.3) is 11.8 Å². The standard InChI is InChI=1S/C31H23FN2O4S/c1-3-18-38-24-16-10-20(11-17-24)19-25-29(35)34-28(22-12-14-23(32)15-13-22)26(30(36)37-4-2)27(33-31(34)39-25)21-8-6-5-7-9-21/h1,5-17,19,28H,4,18H2,2H3/b25-19-. The van der Waals surface area contributed by atoms with Gasteiger partial charge in [0, 0.05) is 5.56 Å². The van der Waals surface area contributed by atoms with Crippen LogP contribution in [-0.4, -0.2) is 23.8 Å². The molecule has 0 spiro atoms. The van der Waals surface area contributed by atoms with Crippen LogP contribution in [0.15, 0.2) is 94.2 Å². The van der Waals surface area contributed by atoms with Crippen LogP contribution in [0.5, 0.6) is 5.75 Å². The molecule has 0 bridgehead atoms. The monoisotopic (exact) mass is 538 g/mol. The third kappa shape index (κ3) is 5.31. The average Bonchev–Trinajstić information content (AvgIpc) is 3.27. The molecule has 1 aliphatic heterocycles. The first kappa shape index (κ1) is 25.9. The predicted octanol–water partition coefficient (Wildman–Crippen LogP) is 4.09. The van der Waals surface area contributed by atoms with Gasteiger partial charge in [0.05, 0.1) is 28.5 Å². The first-order chi connectivity index (χ1) is 19.0. The minimum Gasteiger partial charge on any atom is -0.481 e. The second-order valence-electron chi connectivity index (χ2n) is 8.54. The summed E-state index contributed by atoms with van der Waals surface area (Å²) in [6, 6.07) is 21.3. The van der Waals surface area contributed by atoms with E-state index in [1.807, 2.05) is 42.5 Å². The van der Waals surface area contributed by atoms with E-state index < -0.39 is 17.8 Å². The summed E-state index contributed by atoms with van der Waals surface area (Å²) < 4.78 is 26.6. The number of ether oxygens (including phenoxy) is 2. The molecule has 1 aliphatic rings. The van der Waals surface area contributed by atoms with Crippen molar-refractivity contribution in [1.82, 2.24) is 4.57 Å². The van der Waals surface area contributed by atoms with Gasteiger partial charge >= 0.3 is 5.97 Å². The number of rotatable bonds is 7. The number of nitrogens with zero attached hydrogens (tertiary/aromatic N) is 2. The minimum atomic E-state index is -0.863. The summed E-state index contributed by atoms with van der Waals surface area (Å²) in [6.45, 7) is 2.02. The van der Waals surface area contributed by atoms with Gasteiger partial charge in [0.25, 0.3) is 5.56 Å². The Morgan fingerprint density at radius 1 is 1.10 bits per heavy atom. The summed E-state index contributed by atoms with van der Waals surface area (Å²) in [6.07, 6.45) is 7.01. The van der Waals surface area contributed by atoms with Crippen molar-refractivity contribution in [2.24, 2.45) is 4.99 Å². The maximum Gasteiger partial charge on any atom is 0.338 e. The lowest BCUT2D eigenvalue weighted by Crippen LogP contribution is -2.40. The largest absolute Gasteiger partial charge is 0.481 e. The number of benzene rings is 3. The zero-order chi connectivity index (χ0) is 27.4. The predicted molar refractivity (Wildman–Crippen MR) is 148 cm³/mol. The smallest absolute Gasteiger partial charge is 0.338 e. The van der Waals surface area contributed by atoms with Gasteiger partial charge in [0.2, 0.25) is 0 Å². The lowest BCUT2D eigenvalue weighted by molar-refractivity contribution is -0.138. The molecule has 6 nitrogen and oxygen atoms in total. The maximum atomic E-state index is 13.9. The normalized spacial score (nSPS) is 14.8. The van der Waals surface area contributed by atoms with Gasteiger partial charge in [0.1, 0.15) is 18.2 Å². The molecule has 3 aromatic carbocycles. The van der Waals surface area contributed by atoms with E-state index in [4.69, 9.17) is 20.9 Å². The lowest BCUT2D eigenvalue weighted by Gasteiger charge is -2.25. The van der Waals surface area contributed by atoms with E-state index >= 15 is 0 Å². The molecule has 1 atom stereocenters. The molecule has 0 saturated heterocycles. The van der Waals surface area contributed by atoms with Crippen molar-refractivity contribution >= 4 is 29.1 Å². The van der Waals surface area contributed by atoms with Crippen molar-refractivity contribution in [2.45, 2.75) is 13.0 Å². The van der Waals surface area contributed by atoms with Crippen LogP contribution < -0.4 is 19.6 Å². The molecule has 2 heterocycles. The van der Waals surface area contributed by atoms with Crippen molar-refractivity contribution < 1.29 is 18.7 Å². The summed E-state index contributed by atoms with van der Waals surface area (Å²) in [4.78, 5) is 32.4. The molecule has 0 N–H and O–H groups in total. The Hall–Kier alpha value is -4.74. The Morgan fingerprint density at radius 3 is 2.49 bits per heavy atom. The Labute approximate surface area is 228 Å². The third-order valence-electron chi connectivity index (χ3n) is 6.06. The SMILES string of the molecule is C#CCOc1ccc(/C=c2\sc3n(c2=O)C(c2ccc(F)cc2)C(C(=O)OCC)=C(c2ccccc2)N=3)cc1. The average molecular weight is 539 g/mol. The van der Waals surface area contributed by atoms with E-state index in [9.17, 15) is 14.0 Å². The molecule has 0 radical (unpaired) electrons. The van der Waals surface area contributed by atoms with Gasteiger partial charge in [-0.3, -0.25) is 9.36 Å². The first-order valence-electron chi connectivity index (χ1n) is 12.2. The first-order valence-corrected chi connectivity index (χ1v) is 13.0. The van der Waals surface area contributed by atoms with Gasteiger partial charge in [-0.2, -0.15) is 0 Å². The number of esters is 1. The van der Waals surface area contributed by atoms with Gasteiger partial charge < -0.3 is 9.47 Å². The van der Waals surface area contributed by atoms with Gasteiger partial charge in [-0.25, -0.2) is 14.2 Å². The minimum absolute atomic E-state index is 0.145. The molecule has 4 aromatic rings. The second-order valence-corrected chi connectivity index (χ2v) is 9.55. The fourth-order valence-electron chi connectivity index (χ4n) is 4.34. The topological polar surface area (TPSA) is 69.9 Å². The molecule has 0 saturated carbocycles. The van der Waals surface area contributed by atoms with E-state index in [0.29, 0.717) is 31.9 Å². The number of carbonyl (C=O) groups excluding carboxylic acids is 1. The van der Waals surface area contributed by atoms with Gasteiger partial charge in [-0.05, 0) is 48.4 Å². The van der Waals surface area contributed by atoms with Gasteiger partial charge in [-0.15, -0.1) is 6.42 Å². The molecule has 39 heavy (non-hydrogen) atoms. The van der Waals surface area contributed by atoms with Crippen LogP contribution in [-0.2, 0) is 9.53 Å². The van der Waals surface area contributed by atoms with E-state index in [1.54, 1.807) is 37.3 Å². The highest BCUT2D eigenvalue weighted by molar-refractivity contribution is 7.07. The summed E-state index contributed by atoms with van der Waals surface area (Å²) in [5.41, 5.74) is 2.34. The number of thiazole rings is 1. The fraction of sp³-hybridized carbons (Fsp3) is 0.129. The van der Waals surface area contributed by atoms with Crippen molar-refractivity contribution in [3.63, 3.8) is 0 Å². The molecule has 0 aliphatic carbocycles. The van der Waals surface area contributed by atoms with Crippen LogP contribution >= 0.6 is 11.3 Å². The van der Waals surface area contributed by atoms with E-state index in [0.717, 1.165) is 5.56 Å². The van der Waals surface area contributed by atoms with E-state index in [-0.39, 0.29) is 24.3 Å². The molecule has 0 amide bonds. The molecule has 8 heteroatoms. The Bertz CT molecular complexity index is 1760. The Kier molecular flexibility index (Phi) is 7.53. The van der Waals surface area contributed by atoms with Crippen LogP contribution in [0.1, 0.15) is 29.7 Å². The molecule has 1 aromatic heterocycles. The number of hydrogen-bond acceptors (Lipinski definition) is 6.